The number of anilines is 2. The van der Waals surface area contributed by atoms with Gasteiger partial charge in [0.25, 0.3) is 0 Å². The molecule has 1 aromatic rings. The molecule has 0 radical (unpaired) electrons. The van der Waals surface area contributed by atoms with E-state index in [1.165, 1.54) is 3.57 Å². The molecule has 16 heavy (non-hydrogen) atoms. The Morgan fingerprint density at radius 1 is 1.31 bits per heavy atom. The van der Waals surface area contributed by atoms with Crippen LogP contribution in [0.4, 0.5) is 11.4 Å². The standard InChI is InChI=1S/C12H17IN2O/c1-8-6-15(7-9(2)16-8)12-4-3-10(13)5-11(12)14/h3-5,8-9H,6-7,14H2,1-2H3. The third kappa shape index (κ3) is 2.60. The highest BCUT2D eigenvalue weighted by Gasteiger charge is 2.23. The molecule has 2 rings (SSSR count). The summed E-state index contributed by atoms with van der Waals surface area (Å²) in [6.45, 7) is 6.03. The first kappa shape index (κ1) is 12.0. The normalized spacial score (nSPS) is 25.8. The van der Waals surface area contributed by atoms with E-state index in [0.717, 1.165) is 24.5 Å². The molecule has 2 N–H and O–H groups in total. The van der Waals surface area contributed by atoms with Crippen LogP contribution in [0.5, 0.6) is 0 Å². The van der Waals surface area contributed by atoms with Crippen molar-refractivity contribution in [1.29, 1.82) is 0 Å². The summed E-state index contributed by atoms with van der Waals surface area (Å²) in [7, 11) is 0. The molecule has 1 aliphatic rings. The van der Waals surface area contributed by atoms with Crippen LogP contribution in [0.15, 0.2) is 18.2 Å². The summed E-state index contributed by atoms with van der Waals surface area (Å²) in [4.78, 5) is 2.31. The number of ether oxygens (including phenoxy) is 1. The maximum absolute atomic E-state index is 6.06. The van der Waals surface area contributed by atoms with Crippen molar-refractivity contribution in [3.8, 4) is 0 Å². The van der Waals surface area contributed by atoms with Gasteiger partial charge in [0.2, 0.25) is 0 Å². The lowest BCUT2D eigenvalue weighted by molar-refractivity contribution is -0.00517. The van der Waals surface area contributed by atoms with Crippen LogP contribution in [0.1, 0.15) is 13.8 Å². The fourth-order valence-corrected chi connectivity index (χ4v) is 2.70. The van der Waals surface area contributed by atoms with Gasteiger partial charge in [-0.25, -0.2) is 0 Å². The zero-order valence-corrected chi connectivity index (χ0v) is 11.8. The predicted molar refractivity (Wildman–Crippen MR) is 75.8 cm³/mol. The number of rotatable bonds is 1. The molecule has 1 saturated heterocycles. The van der Waals surface area contributed by atoms with Crippen molar-refractivity contribution in [3.63, 3.8) is 0 Å². The minimum absolute atomic E-state index is 0.266. The van der Waals surface area contributed by atoms with E-state index in [-0.39, 0.29) is 12.2 Å². The van der Waals surface area contributed by atoms with Crippen molar-refractivity contribution >= 4 is 34.0 Å². The Balaban J connectivity index is 2.23. The Labute approximate surface area is 110 Å². The number of hydrogen-bond acceptors (Lipinski definition) is 3. The van der Waals surface area contributed by atoms with Crippen LogP contribution in [0.3, 0.4) is 0 Å². The van der Waals surface area contributed by atoms with Crippen molar-refractivity contribution in [3.05, 3.63) is 21.8 Å². The second kappa shape index (κ2) is 4.79. The van der Waals surface area contributed by atoms with Crippen molar-refractivity contribution < 1.29 is 4.74 Å². The average Bonchev–Trinajstić information content (AvgIpc) is 2.15. The van der Waals surface area contributed by atoms with Crippen LogP contribution in [-0.4, -0.2) is 25.3 Å². The van der Waals surface area contributed by atoms with Crippen LogP contribution >= 0.6 is 22.6 Å². The van der Waals surface area contributed by atoms with Gasteiger partial charge in [-0.15, -0.1) is 0 Å². The predicted octanol–water partition coefficient (Wildman–Crippen LogP) is 2.49. The molecule has 2 atom stereocenters. The first-order valence-electron chi connectivity index (χ1n) is 5.51. The quantitative estimate of drug-likeness (QED) is 0.634. The van der Waals surface area contributed by atoms with E-state index in [4.69, 9.17) is 10.5 Å². The van der Waals surface area contributed by atoms with Gasteiger partial charge in [-0.1, -0.05) is 0 Å². The summed E-state index contributed by atoms with van der Waals surface area (Å²) in [6.07, 6.45) is 0.532. The Morgan fingerprint density at radius 3 is 2.50 bits per heavy atom. The molecular weight excluding hydrogens is 315 g/mol. The van der Waals surface area contributed by atoms with Gasteiger partial charge in [-0.3, -0.25) is 0 Å². The third-order valence-corrected chi connectivity index (χ3v) is 3.42. The summed E-state index contributed by atoms with van der Waals surface area (Å²) in [5.41, 5.74) is 8.04. The van der Waals surface area contributed by atoms with Crippen LogP contribution in [0, 0.1) is 3.57 Å². The van der Waals surface area contributed by atoms with Crippen LogP contribution in [0.2, 0.25) is 0 Å². The lowest BCUT2D eigenvalue weighted by atomic mass is 10.2. The van der Waals surface area contributed by atoms with E-state index in [1.807, 2.05) is 6.07 Å². The highest BCUT2D eigenvalue weighted by atomic mass is 127. The SMILES string of the molecule is CC1CN(c2ccc(I)cc2N)CC(C)O1. The maximum Gasteiger partial charge on any atom is 0.0726 e. The molecule has 0 saturated carbocycles. The lowest BCUT2D eigenvalue weighted by Gasteiger charge is -2.37. The highest BCUT2D eigenvalue weighted by molar-refractivity contribution is 14.1. The van der Waals surface area contributed by atoms with Crippen molar-refractivity contribution in [2.45, 2.75) is 26.1 Å². The number of benzene rings is 1. The van der Waals surface area contributed by atoms with Crippen molar-refractivity contribution in [2.24, 2.45) is 0 Å². The molecule has 1 aliphatic heterocycles. The summed E-state index contributed by atoms with van der Waals surface area (Å²) >= 11 is 2.28. The van der Waals surface area contributed by atoms with E-state index < -0.39 is 0 Å². The average molecular weight is 332 g/mol. The first-order chi connectivity index (χ1) is 7.56. The molecule has 0 bridgehead atoms. The first-order valence-corrected chi connectivity index (χ1v) is 6.59. The molecule has 0 spiro atoms. The van der Waals surface area contributed by atoms with E-state index in [9.17, 15) is 0 Å². The number of nitrogens with two attached hydrogens (primary N) is 1. The van der Waals surface area contributed by atoms with Crippen molar-refractivity contribution in [2.75, 3.05) is 23.7 Å². The molecule has 0 aromatic heterocycles. The summed E-state index contributed by atoms with van der Waals surface area (Å²) in [5, 5.41) is 0. The zero-order chi connectivity index (χ0) is 11.7. The maximum atomic E-state index is 6.06. The van der Waals surface area contributed by atoms with Gasteiger partial charge in [-0.2, -0.15) is 0 Å². The fourth-order valence-electron chi connectivity index (χ4n) is 2.19. The smallest absolute Gasteiger partial charge is 0.0726 e. The topological polar surface area (TPSA) is 38.5 Å². The summed E-state index contributed by atoms with van der Waals surface area (Å²) in [5.74, 6) is 0. The number of nitrogens with zero attached hydrogens (tertiary/aromatic N) is 1. The van der Waals surface area contributed by atoms with Gasteiger partial charge in [0.15, 0.2) is 0 Å². The molecule has 88 valence electrons. The second-order valence-corrected chi connectivity index (χ2v) is 5.61. The van der Waals surface area contributed by atoms with E-state index in [0.29, 0.717) is 0 Å². The van der Waals surface area contributed by atoms with Gasteiger partial charge in [0.05, 0.1) is 23.6 Å². The monoisotopic (exact) mass is 332 g/mol. The van der Waals surface area contributed by atoms with Gasteiger partial charge >= 0.3 is 0 Å². The Kier molecular flexibility index (Phi) is 3.59. The lowest BCUT2D eigenvalue weighted by Crippen LogP contribution is -2.45. The third-order valence-electron chi connectivity index (χ3n) is 2.75. The van der Waals surface area contributed by atoms with E-state index in [1.54, 1.807) is 0 Å². The molecule has 0 amide bonds. The Bertz CT molecular complexity index is 373. The Hall–Kier alpha value is -0.490. The molecule has 1 heterocycles. The van der Waals surface area contributed by atoms with Gasteiger partial charge < -0.3 is 15.4 Å². The molecule has 0 aliphatic carbocycles. The van der Waals surface area contributed by atoms with Crippen LogP contribution in [-0.2, 0) is 4.74 Å². The largest absolute Gasteiger partial charge is 0.397 e. The number of morpholine rings is 1. The number of halogens is 1. The molecular formula is C12H17IN2O. The summed E-state index contributed by atoms with van der Waals surface area (Å²) < 4.78 is 6.89. The molecule has 1 fully saturated rings. The minimum Gasteiger partial charge on any atom is -0.397 e. The van der Waals surface area contributed by atoms with Gasteiger partial charge in [-0.05, 0) is 54.6 Å². The molecule has 3 nitrogen and oxygen atoms in total. The van der Waals surface area contributed by atoms with Gasteiger partial charge in [0.1, 0.15) is 0 Å². The minimum atomic E-state index is 0.266. The summed E-state index contributed by atoms with van der Waals surface area (Å²) in [6, 6.07) is 6.21. The van der Waals surface area contributed by atoms with Crippen molar-refractivity contribution in [1.82, 2.24) is 0 Å². The number of hydrogen-bond donors (Lipinski definition) is 1. The molecule has 2 unspecified atom stereocenters. The zero-order valence-electron chi connectivity index (χ0n) is 9.61. The van der Waals surface area contributed by atoms with Gasteiger partial charge in [0, 0.05) is 16.7 Å². The van der Waals surface area contributed by atoms with Crippen LogP contribution in [0.25, 0.3) is 0 Å². The Morgan fingerprint density at radius 2 is 1.94 bits per heavy atom. The molecule has 1 aromatic carbocycles. The molecule has 4 heteroatoms. The van der Waals surface area contributed by atoms with Crippen LogP contribution < -0.4 is 10.6 Å². The fraction of sp³-hybridized carbons (Fsp3) is 0.500. The number of nitrogen functional groups attached to an aromatic ring is 1. The van der Waals surface area contributed by atoms with E-state index >= 15 is 0 Å². The highest BCUT2D eigenvalue weighted by Crippen LogP contribution is 2.27. The van der Waals surface area contributed by atoms with E-state index in [2.05, 4.69) is 53.5 Å². The second-order valence-electron chi connectivity index (χ2n) is 4.37.